The first-order valence-electron chi connectivity index (χ1n) is 7.49. The summed E-state index contributed by atoms with van der Waals surface area (Å²) in [5.41, 5.74) is 0.329. The van der Waals surface area contributed by atoms with Crippen molar-refractivity contribution in [3.8, 4) is 0 Å². The second-order valence-electron chi connectivity index (χ2n) is 6.09. The predicted molar refractivity (Wildman–Crippen MR) is 79.2 cm³/mol. The number of aromatic nitrogens is 1. The van der Waals surface area contributed by atoms with Crippen LogP contribution in [0.15, 0.2) is 5.38 Å². The molecule has 1 aliphatic carbocycles. The highest BCUT2D eigenvalue weighted by Gasteiger charge is 2.55. The molecule has 0 bridgehead atoms. The summed E-state index contributed by atoms with van der Waals surface area (Å²) in [5, 5.41) is 12.4. The number of carboxylic acid groups (broad SMARTS) is 1. The summed E-state index contributed by atoms with van der Waals surface area (Å²) in [5.74, 6) is -0.591. The Balaban J connectivity index is 1.68. The summed E-state index contributed by atoms with van der Waals surface area (Å²) in [6.07, 6.45) is 3.76. The Kier molecular flexibility index (Phi) is 3.73. The molecule has 1 saturated carbocycles. The summed E-state index contributed by atoms with van der Waals surface area (Å²) in [6, 6.07) is 0. The van der Waals surface area contributed by atoms with Gasteiger partial charge in [0.25, 0.3) is 0 Å². The van der Waals surface area contributed by atoms with Crippen molar-refractivity contribution < 1.29 is 14.7 Å². The van der Waals surface area contributed by atoms with E-state index in [0.717, 1.165) is 30.0 Å². The fourth-order valence-corrected chi connectivity index (χ4v) is 4.53. The van der Waals surface area contributed by atoms with E-state index >= 15 is 0 Å². The lowest BCUT2D eigenvalue weighted by atomic mass is 9.81. The third kappa shape index (κ3) is 2.46. The van der Waals surface area contributed by atoms with Gasteiger partial charge in [0.2, 0.25) is 5.91 Å². The van der Waals surface area contributed by atoms with Crippen molar-refractivity contribution in [3.05, 3.63) is 16.1 Å². The van der Waals surface area contributed by atoms with Gasteiger partial charge in [0, 0.05) is 18.5 Å². The van der Waals surface area contributed by atoms with Crippen molar-refractivity contribution in [1.82, 2.24) is 9.88 Å². The van der Waals surface area contributed by atoms with Crippen LogP contribution in [0, 0.1) is 11.3 Å². The van der Waals surface area contributed by atoms with Crippen LogP contribution in [0.25, 0.3) is 0 Å². The number of fused-ring (bicyclic) bond motifs is 1. The lowest BCUT2D eigenvalue weighted by Gasteiger charge is -2.23. The molecule has 0 unspecified atom stereocenters. The van der Waals surface area contributed by atoms with E-state index in [4.69, 9.17) is 0 Å². The summed E-state index contributed by atoms with van der Waals surface area (Å²) in [6.45, 7) is 3.01. The topological polar surface area (TPSA) is 70.5 Å². The van der Waals surface area contributed by atoms with E-state index in [9.17, 15) is 14.7 Å². The molecule has 1 aliphatic heterocycles. The molecule has 5 nitrogen and oxygen atoms in total. The van der Waals surface area contributed by atoms with Gasteiger partial charge in [0.1, 0.15) is 5.01 Å². The number of carbonyl (C=O) groups excluding carboxylic acids is 1. The maximum absolute atomic E-state index is 12.4. The van der Waals surface area contributed by atoms with E-state index in [1.807, 2.05) is 12.3 Å². The van der Waals surface area contributed by atoms with Crippen LogP contribution in [0.2, 0.25) is 0 Å². The Morgan fingerprint density at radius 3 is 3.00 bits per heavy atom. The van der Waals surface area contributed by atoms with Crippen molar-refractivity contribution >= 4 is 23.2 Å². The predicted octanol–water partition coefficient (Wildman–Crippen LogP) is 1.96. The van der Waals surface area contributed by atoms with Crippen LogP contribution >= 0.6 is 11.3 Å². The summed E-state index contributed by atoms with van der Waals surface area (Å²) < 4.78 is 0. The minimum absolute atomic E-state index is 0.0158. The number of carboxylic acids is 1. The fourth-order valence-electron chi connectivity index (χ4n) is 3.66. The van der Waals surface area contributed by atoms with Crippen LogP contribution in [0.3, 0.4) is 0 Å². The average molecular weight is 308 g/mol. The average Bonchev–Trinajstić information content (AvgIpc) is 3.11. The third-order valence-electron chi connectivity index (χ3n) is 4.91. The molecule has 3 rings (SSSR count). The van der Waals surface area contributed by atoms with Crippen LogP contribution in [0.1, 0.15) is 36.9 Å². The number of hydrogen-bond donors (Lipinski definition) is 1. The van der Waals surface area contributed by atoms with E-state index < -0.39 is 11.4 Å². The normalized spacial score (nSPS) is 27.9. The molecule has 21 heavy (non-hydrogen) atoms. The molecule has 0 spiro atoms. The van der Waals surface area contributed by atoms with Gasteiger partial charge in [-0.2, -0.15) is 0 Å². The monoisotopic (exact) mass is 308 g/mol. The summed E-state index contributed by atoms with van der Waals surface area (Å²) in [7, 11) is 0. The summed E-state index contributed by atoms with van der Waals surface area (Å²) in [4.78, 5) is 30.2. The fraction of sp³-hybridized carbons (Fsp3) is 0.667. The second kappa shape index (κ2) is 5.40. The number of hydrogen-bond acceptors (Lipinski definition) is 4. The van der Waals surface area contributed by atoms with Crippen molar-refractivity contribution in [2.45, 2.75) is 39.0 Å². The van der Waals surface area contributed by atoms with E-state index in [2.05, 4.69) is 4.98 Å². The minimum atomic E-state index is -0.734. The van der Waals surface area contributed by atoms with Gasteiger partial charge < -0.3 is 10.0 Å². The number of carbonyl (C=O) groups is 2. The quantitative estimate of drug-likeness (QED) is 0.923. The second-order valence-corrected chi connectivity index (χ2v) is 7.03. The maximum atomic E-state index is 12.4. The maximum Gasteiger partial charge on any atom is 0.311 e. The first-order chi connectivity index (χ1) is 10.0. The lowest BCUT2D eigenvalue weighted by molar-refractivity contribution is -0.149. The number of nitrogens with zero attached hydrogens (tertiary/aromatic N) is 2. The Labute approximate surface area is 128 Å². The van der Waals surface area contributed by atoms with Gasteiger partial charge in [-0.15, -0.1) is 11.3 Å². The molecule has 2 aliphatic rings. The van der Waals surface area contributed by atoms with Gasteiger partial charge >= 0.3 is 5.97 Å². The van der Waals surface area contributed by atoms with Gasteiger partial charge in [-0.3, -0.25) is 9.59 Å². The molecule has 1 saturated heterocycles. The first-order valence-corrected chi connectivity index (χ1v) is 8.37. The highest BCUT2D eigenvalue weighted by Crippen LogP contribution is 2.48. The number of likely N-dealkylation sites (tertiary alicyclic amines) is 1. The van der Waals surface area contributed by atoms with Gasteiger partial charge in [-0.25, -0.2) is 4.98 Å². The van der Waals surface area contributed by atoms with Crippen LogP contribution in [-0.2, 0) is 22.4 Å². The molecule has 2 heterocycles. The van der Waals surface area contributed by atoms with Crippen molar-refractivity contribution in [2.24, 2.45) is 11.3 Å². The number of aryl methyl sites for hydroxylation is 1. The summed E-state index contributed by atoms with van der Waals surface area (Å²) >= 11 is 1.51. The highest BCUT2D eigenvalue weighted by molar-refractivity contribution is 7.09. The van der Waals surface area contributed by atoms with Gasteiger partial charge in [-0.1, -0.05) is 13.3 Å². The van der Waals surface area contributed by atoms with Crippen LogP contribution < -0.4 is 0 Å². The molecular weight excluding hydrogens is 288 g/mol. The van der Waals surface area contributed by atoms with Crippen molar-refractivity contribution in [2.75, 3.05) is 13.1 Å². The Morgan fingerprint density at radius 1 is 1.57 bits per heavy atom. The standard InChI is InChI=1S/C15H20N2O3S/c1-2-11-8-21-12(16-11)6-13(18)17-7-10-4-3-5-15(10,9-17)14(19)20/h8,10H,2-7,9H2,1H3,(H,19,20)/t10-,15+/m0/s1. The SMILES string of the molecule is CCc1csc(CC(=O)N2C[C@@H]3CCC[C@@]3(C(=O)O)C2)n1. The van der Waals surface area contributed by atoms with Gasteiger partial charge in [0.05, 0.1) is 17.5 Å². The molecule has 2 atom stereocenters. The molecular formula is C15H20N2O3S. The lowest BCUT2D eigenvalue weighted by Crippen LogP contribution is -2.37. The zero-order valence-corrected chi connectivity index (χ0v) is 13.0. The van der Waals surface area contributed by atoms with E-state index in [1.165, 1.54) is 11.3 Å². The van der Waals surface area contributed by atoms with E-state index in [1.54, 1.807) is 4.90 Å². The Bertz CT molecular complexity index is 571. The molecule has 1 aromatic heterocycles. The van der Waals surface area contributed by atoms with Crippen LogP contribution in [-0.4, -0.2) is 40.0 Å². The first kappa shape index (κ1) is 14.5. The van der Waals surface area contributed by atoms with Crippen molar-refractivity contribution in [3.63, 3.8) is 0 Å². The van der Waals surface area contributed by atoms with Crippen molar-refractivity contribution in [1.29, 1.82) is 0 Å². The highest BCUT2D eigenvalue weighted by atomic mass is 32.1. The Morgan fingerprint density at radius 2 is 2.38 bits per heavy atom. The number of thiazole rings is 1. The largest absolute Gasteiger partial charge is 0.481 e. The van der Waals surface area contributed by atoms with E-state index in [-0.39, 0.29) is 11.8 Å². The third-order valence-corrected chi connectivity index (χ3v) is 5.81. The number of rotatable bonds is 4. The molecule has 0 radical (unpaired) electrons. The molecule has 1 aromatic rings. The van der Waals surface area contributed by atoms with Gasteiger partial charge in [0.15, 0.2) is 0 Å². The molecule has 1 N–H and O–H groups in total. The molecule has 2 fully saturated rings. The van der Waals surface area contributed by atoms with Gasteiger partial charge in [-0.05, 0) is 25.2 Å². The Hall–Kier alpha value is -1.43. The van der Waals surface area contributed by atoms with Crippen LogP contribution in [0.5, 0.6) is 0 Å². The zero-order valence-electron chi connectivity index (χ0n) is 12.2. The molecule has 6 heteroatoms. The molecule has 0 aromatic carbocycles. The van der Waals surface area contributed by atoms with E-state index in [0.29, 0.717) is 25.9 Å². The zero-order chi connectivity index (χ0) is 15.0. The number of amides is 1. The smallest absolute Gasteiger partial charge is 0.311 e. The number of aliphatic carboxylic acids is 1. The molecule has 114 valence electrons. The van der Waals surface area contributed by atoms with Crippen LogP contribution in [0.4, 0.5) is 0 Å². The minimum Gasteiger partial charge on any atom is -0.481 e. The molecule has 1 amide bonds.